The molecule has 4 heterocycles. The van der Waals surface area contributed by atoms with Crippen LogP contribution in [0, 0.1) is 11.8 Å². The average molecular weight is 641 g/mol. The molecule has 3 aliphatic rings. The van der Waals surface area contributed by atoms with Gasteiger partial charge in [-0.1, -0.05) is 24.4 Å². The minimum atomic E-state index is -0.0949. The number of phenolic OH excluding ortho intramolecular Hbond substituents is 1. The van der Waals surface area contributed by atoms with Gasteiger partial charge in [-0.2, -0.15) is 0 Å². The number of carbonyl (C=O) groups is 1. The second-order valence-corrected chi connectivity index (χ2v) is 13.4. The number of aryl methyl sites for hydroxylation is 2. The van der Waals surface area contributed by atoms with E-state index < -0.39 is 0 Å². The number of benzene rings is 2. The van der Waals surface area contributed by atoms with Gasteiger partial charge in [-0.15, -0.1) is 0 Å². The molecule has 0 spiro atoms. The molecule has 0 radical (unpaired) electrons. The summed E-state index contributed by atoms with van der Waals surface area (Å²) in [5.74, 6) is 2.65. The fourth-order valence-corrected chi connectivity index (χ4v) is 7.77. The molecule has 3 fully saturated rings. The Labute approximate surface area is 271 Å². The Morgan fingerprint density at radius 1 is 1.04 bits per heavy atom. The SMILES string of the molecule is COc1cc(-c2ccc3cc(-c4nc5cc(C(=O)N6CC7CCC6[C@@H]7N)cc(OC)c5n4C)n(CCC4CC4)c3n2)cc(Cl)c1O. The van der Waals surface area contributed by atoms with Gasteiger partial charge in [0, 0.05) is 48.7 Å². The molecule has 10 nitrogen and oxygen atoms in total. The monoisotopic (exact) mass is 640 g/mol. The van der Waals surface area contributed by atoms with E-state index in [2.05, 4.69) is 16.7 Å². The van der Waals surface area contributed by atoms with Gasteiger partial charge in [-0.25, -0.2) is 9.97 Å². The number of pyridine rings is 1. The first-order chi connectivity index (χ1) is 22.2. The van der Waals surface area contributed by atoms with Crippen molar-refractivity contribution in [2.24, 2.45) is 24.6 Å². The lowest BCUT2D eigenvalue weighted by atomic mass is 10.1. The van der Waals surface area contributed by atoms with Crippen LogP contribution in [0.3, 0.4) is 0 Å². The number of aromatic nitrogens is 4. The molecule has 3 aromatic heterocycles. The zero-order valence-electron chi connectivity index (χ0n) is 26.2. The van der Waals surface area contributed by atoms with Crippen molar-refractivity contribution in [2.75, 3.05) is 20.8 Å². The van der Waals surface area contributed by atoms with Crippen molar-refractivity contribution in [1.82, 2.24) is 24.0 Å². The number of methoxy groups -OCH3 is 2. The van der Waals surface area contributed by atoms with Crippen LogP contribution in [0.2, 0.25) is 5.02 Å². The van der Waals surface area contributed by atoms with E-state index in [1.165, 1.54) is 20.0 Å². The van der Waals surface area contributed by atoms with Gasteiger partial charge >= 0.3 is 0 Å². The number of carbonyl (C=O) groups excluding carboxylic acids is 1. The molecule has 3 N–H and O–H groups in total. The summed E-state index contributed by atoms with van der Waals surface area (Å²) in [5.41, 5.74) is 11.8. The van der Waals surface area contributed by atoms with Crippen LogP contribution in [-0.4, -0.2) is 67.9 Å². The lowest BCUT2D eigenvalue weighted by Crippen LogP contribution is -2.41. The van der Waals surface area contributed by atoms with Gasteiger partial charge in [0.2, 0.25) is 0 Å². The smallest absolute Gasteiger partial charge is 0.254 e. The number of amides is 1. The second-order valence-electron chi connectivity index (χ2n) is 13.0. The Bertz CT molecular complexity index is 2030. The van der Waals surface area contributed by atoms with Crippen molar-refractivity contribution >= 4 is 39.6 Å². The van der Waals surface area contributed by atoms with Gasteiger partial charge in [0.15, 0.2) is 17.3 Å². The highest BCUT2D eigenvalue weighted by atomic mass is 35.5. The number of imidazole rings is 1. The highest BCUT2D eigenvalue weighted by Crippen LogP contribution is 2.41. The number of halogens is 1. The van der Waals surface area contributed by atoms with Crippen LogP contribution >= 0.6 is 11.6 Å². The third kappa shape index (κ3) is 4.60. The lowest BCUT2D eigenvalue weighted by molar-refractivity contribution is 0.0700. The summed E-state index contributed by atoms with van der Waals surface area (Å²) in [5, 5.41) is 11.5. The van der Waals surface area contributed by atoms with Crippen LogP contribution in [0.15, 0.2) is 42.5 Å². The first-order valence-corrected chi connectivity index (χ1v) is 16.3. The minimum absolute atomic E-state index is 0.0173. The third-order valence-corrected chi connectivity index (χ3v) is 10.6. The molecule has 238 valence electrons. The molecule has 5 aromatic rings. The van der Waals surface area contributed by atoms with Crippen molar-refractivity contribution in [1.29, 1.82) is 0 Å². The molecule has 2 bridgehead atoms. The topological polar surface area (TPSA) is 121 Å². The Kier molecular flexibility index (Phi) is 6.92. The van der Waals surface area contributed by atoms with E-state index in [0.29, 0.717) is 35.0 Å². The first kappa shape index (κ1) is 29.1. The molecule has 46 heavy (non-hydrogen) atoms. The van der Waals surface area contributed by atoms with Gasteiger partial charge in [0.25, 0.3) is 5.91 Å². The molecule has 1 amide bonds. The number of nitrogens with two attached hydrogens (primary N) is 1. The highest BCUT2D eigenvalue weighted by molar-refractivity contribution is 6.32. The summed E-state index contributed by atoms with van der Waals surface area (Å²) >= 11 is 6.33. The first-order valence-electron chi connectivity index (χ1n) is 15.9. The summed E-state index contributed by atoms with van der Waals surface area (Å²) in [4.78, 5) is 25.9. The molecular weight excluding hydrogens is 604 g/mol. The molecular formula is C35H37ClN6O4. The van der Waals surface area contributed by atoms with Crippen molar-refractivity contribution in [3.05, 3.63) is 53.1 Å². The molecule has 1 aliphatic heterocycles. The Morgan fingerprint density at radius 3 is 2.54 bits per heavy atom. The summed E-state index contributed by atoms with van der Waals surface area (Å²) in [6.45, 7) is 1.50. The highest BCUT2D eigenvalue weighted by Gasteiger charge is 2.47. The largest absolute Gasteiger partial charge is 0.503 e. The van der Waals surface area contributed by atoms with Gasteiger partial charge in [0.1, 0.15) is 16.9 Å². The number of fused-ring (bicyclic) bond motifs is 4. The fraction of sp³-hybridized carbons (Fsp3) is 0.400. The maximum atomic E-state index is 13.7. The second kappa shape index (κ2) is 10.9. The molecule has 11 heteroatoms. The average Bonchev–Trinajstić information content (AvgIpc) is 3.48. The quantitative estimate of drug-likeness (QED) is 0.214. The third-order valence-electron chi connectivity index (χ3n) is 10.3. The Hall–Kier alpha value is -4.28. The number of rotatable bonds is 8. The Morgan fingerprint density at radius 2 is 1.85 bits per heavy atom. The van der Waals surface area contributed by atoms with Crippen LogP contribution < -0.4 is 15.2 Å². The van der Waals surface area contributed by atoms with E-state index in [1.807, 2.05) is 34.7 Å². The normalized spacial score (nSPS) is 20.7. The van der Waals surface area contributed by atoms with E-state index in [-0.39, 0.29) is 28.8 Å². The number of ether oxygens (including phenoxy) is 2. The van der Waals surface area contributed by atoms with Crippen LogP contribution in [0.25, 0.3) is 44.8 Å². The van der Waals surface area contributed by atoms with Crippen LogP contribution in [0.1, 0.15) is 42.5 Å². The van der Waals surface area contributed by atoms with Crippen molar-refractivity contribution in [3.63, 3.8) is 0 Å². The standard InChI is InChI=1S/C35H37ClN6O4/c1-40-31-25(13-22(16-28(31)45-2)35(44)42-17-20-7-9-26(42)30(20)37)39-34(40)27-14-19-6-8-24(21-12-23(36)32(43)29(15-21)46-3)38-33(19)41(27)11-10-18-4-5-18/h6,8,12-16,18,20,26,30,43H,4-5,7,9-11,17,37H2,1-3H3/t20?,26?,30-/m1/s1. The zero-order valence-corrected chi connectivity index (χ0v) is 26.9. The van der Waals surface area contributed by atoms with Gasteiger partial charge in [-0.3, -0.25) is 4.79 Å². The number of phenols is 1. The summed E-state index contributed by atoms with van der Waals surface area (Å²) in [6.07, 6.45) is 5.60. The number of piperidine rings is 1. The molecule has 2 unspecified atom stereocenters. The van der Waals surface area contributed by atoms with E-state index in [0.717, 1.165) is 71.1 Å². The van der Waals surface area contributed by atoms with Gasteiger partial charge in [-0.05, 0) is 73.6 Å². The molecule has 2 saturated carbocycles. The van der Waals surface area contributed by atoms with E-state index in [9.17, 15) is 9.90 Å². The number of likely N-dealkylation sites (tertiary alicyclic amines) is 1. The molecule has 8 rings (SSSR count). The lowest BCUT2D eigenvalue weighted by Gasteiger charge is -2.27. The maximum Gasteiger partial charge on any atom is 0.254 e. The zero-order chi connectivity index (χ0) is 31.9. The molecule has 3 atom stereocenters. The minimum Gasteiger partial charge on any atom is -0.503 e. The predicted molar refractivity (Wildman–Crippen MR) is 178 cm³/mol. The fourth-order valence-electron chi connectivity index (χ4n) is 7.56. The predicted octanol–water partition coefficient (Wildman–Crippen LogP) is 6.00. The number of hydrogen-bond acceptors (Lipinski definition) is 7. The van der Waals surface area contributed by atoms with Crippen molar-refractivity contribution in [2.45, 2.75) is 50.7 Å². The molecule has 2 aromatic carbocycles. The number of aromatic hydroxyl groups is 1. The maximum absolute atomic E-state index is 13.7. The van der Waals surface area contributed by atoms with Crippen LogP contribution in [0.4, 0.5) is 0 Å². The van der Waals surface area contributed by atoms with Crippen molar-refractivity contribution < 1.29 is 19.4 Å². The van der Waals surface area contributed by atoms with E-state index >= 15 is 0 Å². The number of nitrogens with zero attached hydrogens (tertiary/aromatic N) is 5. The van der Waals surface area contributed by atoms with E-state index in [1.54, 1.807) is 19.2 Å². The molecule has 1 saturated heterocycles. The van der Waals surface area contributed by atoms with Crippen LogP contribution in [-0.2, 0) is 13.6 Å². The van der Waals surface area contributed by atoms with Gasteiger partial charge in [0.05, 0.1) is 36.1 Å². The Balaban J connectivity index is 1.24. The van der Waals surface area contributed by atoms with Gasteiger partial charge < -0.3 is 34.3 Å². The van der Waals surface area contributed by atoms with E-state index in [4.69, 9.17) is 36.8 Å². The van der Waals surface area contributed by atoms with Crippen LogP contribution in [0.5, 0.6) is 17.2 Å². The molecule has 2 aliphatic carbocycles. The van der Waals surface area contributed by atoms with Crippen molar-refractivity contribution in [3.8, 4) is 40.0 Å². The number of hydrogen-bond donors (Lipinski definition) is 2. The summed E-state index contributed by atoms with van der Waals surface area (Å²) in [7, 11) is 5.11. The summed E-state index contributed by atoms with van der Waals surface area (Å²) < 4.78 is 15.5. The summed E-state index contributed by atoms with van der Waals surface area (Å²) in [6, 6.07) is 13.4.